The molecule has 72 heavy (non-hydrogen) atoms. The van der Waals surface area contributed by atoms with E-state index in [2.05, 4.69) is 194 Å². The van der Waals surface area contributed by atoms with E-state index in [-0.39, 0.29) is 11.3 Å². The van der Waals surface area contributed by atoms with Crippen LogP contribution in [-0.2, 0) is 12.0 Å². The van der Waals surface area contributed by atoms with Crippen molar-refractivity contribution in [3.8, 4) is 33.6 Å². The Labute approximate surface area is 418 Å². The zero-order valence-corrected chi connectivity index (χ0v) is 40.5. The van der Waals surface area contributed by atoms with Gasteiger partial charge in [0.15, 0.2) is 0 Å². The summed E-state index contributed by atoms with van der Waals surface area (Å²) in [5.74, 6) is 0.121. The Kier molecular flexibility index (Phi) is 10.9. The van der Waals surface area contributed by atoms with Crippen molar-refractivity contribution in [3.63, 3.8) is 0 Å². The third kappa shape index (κ3) is 7.52. The Morgan fingerprint density at radius 3 is 1.79 bits per heavy atom. The highest BCUT2D eigenvalue weighted by Gasteiger charge is 2.36. The molecular weight excluding hydrogens is 879 g/mol. The number of fused-ring (bicyclic) bond motifs is 12. The van der Waals surface area contributed by atoms with Crippen LogP contribution in [0.3, 0.4) is 0 Å². The Morgan fingerprint density at radius 2 is 1.06 bits per heavy atom. The van der Waals surface area contributed by atoms with Crippen LogP contribution in [0.15, 0.2) is 229 Å². The fourth-order valence-corrected chi connectivity index (χ4v) is 10.9. The molecule has 0 fully saturated rings. The molecular formula is C66H53N5O. The van der Waals surface area contributed by atoms with Crippen molar-refractivity contribution in [3.05, 3.63) is 252 Å². The molecule has 1 aliphatic rings. The van der Waals surface area contributed by atoms with Gasteiger partial charge in [-0.1, -0.05) is 159 Å². The lowest BCUT2D eigenvalue weighted by Gasteiger charge is -2.21. The second-order valence-corrected chi connectivity index (χ2v) is 19.3. The minimum atomic E-state index is -0.0757. The third-order valence-electron chi connectivity index (χ3n) is 14.5. The summed E-state index contributed by atoms with van der Waals surface area (Å²) in [5, 5.41) is 14.3. The predicted molar refractivity (Wildman–Crippen MR) is 302 cm³/mol. The number of aryl methyl sites for hydroxylation is 1. The number of benzene rings is 10. The van der Waals surface area contributed by atoms with Crippen molar-refractivity contribution < 1.29 is 4.42 Å². The van der Waals surface area contributed by atoms with Crippen LogP contribution in [0.2, 0.25) is 0 Å². The van der Waals surface area contributed by atoms with Crippen LogP contribution in [-0.4, -0.2) is 15.0 Å². The summed E-state index contributed by atoms with van der Waals surface area (Å²) in [6, 6.07) is 79.5. The maximum absolute atomic E-state index is 7.01. The van der Waals surface area contributed by atoms with Crippen molar-refractivity contribution in [1.82, 2.24) is 9.13 Å². The number of aromatic nitrogens is 2. The van der Waals surface area contributed by atoms with Gasteiger partial charge >= 0.3 is 0 Å². The van der Waals surface area contributed by atoms with E-state index in [1.165, 1.54) is 82.7 Å². The highest BCUT2D eigenvalue weighted by atomic mass is 16.3. The first-order valence-electron chi connectivity index (χ1n) is 24.5. The lowest BCUT2D eigenvalue weighted by atomic mass is 9.82. The van der Waals surface area contributed by atoms with E-state index in [0.29, 0.717) is 6.54 Å². The Hall–Kier alpha value is -8.97. The largest absolute Gasteiger partial charge is 0.456 e. The van der Waals surface area contributed by atoms with Crippen molar-refractivity contribution in [2.45, 2.75) is 32.7 Å². The number of nitrogens with two attached hydrogens (primary N) is 2. The number of hydrogen-bond acceptors (Lipinski definition) is 3. The molecule has 5 N–H and O–H groups in total. The van der Waals surface area contributed by atoms with E-state index in [1.807, 2.05) is 60.7 Å². The molecule has 1 aliphatic carbocycles. The fourth-order valence-electron chi connectivity index (χ4n) is 10.9. The standard InChI is InChI=1S/C52H36N2O.C7H8N2.C7H9N/c1-31-12-11-15-35(24-31)54-46-19-10-8-17-37(46)41-28-43-38-22-20-33(26-50(38)55-51(43)30-49(41)54)32-21-23-47-40(25-32)42-27-39-36-16-7-9-18-44(36)52(2,3)45(39)29-48(42)53(47)34-13-5-4-6-14-34;8-7(9)6-4-2-1-3-5-6;8-6-7-4-2-1-3-5-7/h4-30H,1-3H3;1-5H,(H3,8,9);1-5H,6,8H2. The molecule has 13 aromatic rings. The third-order valence-corrected chi connectivity index (χ3v) is 14.5. The van der Waals surface area contributed by atoms with Crippen molar-refractivity contribution in [2.75, 3.05) is 0 Å². The van der Waals surface area contributed by atoms with Gasteiger partial charge in [0.25, 0.3) is 0 Å². The minimum Gasteiger partial charge on any atom is -0.456 e. The number of nitrogens with one attached hydrogen (secondary N) is 1. The minimum absolute atomic E-state index is 0.0757. The predicted octanol–water partition coefficient (Wildman–Crippen LogP) is 16.2. The first-order chi connectivity index (χ1) is 35.2. The van der Waals surface area contributed by atoms with Crippen molar-refractivity contribution in [2.24, 2.45) is 11.5 Å². The zero-order chi connectivity index (χ0) is 49.1. The van der Waals surface area contributed by atoms with E-state index < -0.39 is 0 Å². The summed E-state index contributed by atoms with van der Waals surface area (Å²) < 4.78 is 11.5. The summed E-state index contributed by atoms with van der Waals surface area (Å²) >= 11 is 0. The van der Waals surface area contributed by atoms with E-state index in [0.717, 1.165) is 44.3 Å². The molecule has 0 atom stereocenters. The molecule has 0 radical (unpaired) electrons. The second kappa shape index (κ2) is 17.8. The lowest BCUT2D eigenvalue weighted by Crippen LogP contribution is -2.14. The van der Waals surface area contributed by atoms with E-state index in [1.54, 1.807) is 0 Å². The normalized spacial score (nSPS) is 12.4. The molecule has 0 saturated heterocycles. The van der Waals surface area contributed by atoms with Crippen LogP contribution in [0, 0.1) is 12.3 Å². The van der Waals surface area contributed by atoms with E-state index in [4.69, 9.17) is 21.3 Å². The van der Waals surface area contributed by atoms with Crippen LogP contribution in [0.1, 0.15) is 41.7 Å². The number of furan rings is 1. The van der Waals surface area contributed by atoms with Gasteiger partial charge in [-0.25, -0.2) is 0 Å². The monoisotopic (exact) mass is 931 g/mol. The number of nitrogen functional groups attached to an aromatic ring is 1. The quantitative estimate of drug-likeness (QED) is 0.118. The summed E-state index contributed by atoms with van der Waals surface area (Å²) in [7, 11) is 0. The smallest absolute Gasteiger partial charge is 0.137 e. The van der Waals surface area contributed by atoms with Gasteiger partial charge in [0, 0.05) is 67.3 Å². The molecule has 0 aliphatic heterocycles. The maximum Gasteiger partial charge on any atom is 0.137 e. The average Bonchev–Trinajstić information content (AvgIpc) is 4.12. The fraction of sp³-hybridized carbons (Fsp3) is 0.0758. The van der Waals surface area contributed by atoms with Crippen molar-refractivity contribution in [1.29, 1.82) is 5.41 Å². The maximum atomic E-state index is 7.01. The van der Waals surface area contributed by atoms with Gasteiger partial charge in [-0.2, -0.15) is 0 Å². The SMILES string of the molecule is Cc1cccc(-n2c3ccccc3c3cc4c(cc32)oc2cc(-c3ccc5c(c3)c3cc6c(cc3n5-c3ccccc3)C(C)(C)c3ccccc3-6)ccc24)c1.N=C(N)c1ccccc1.NCc1ccccc1. The number of hydrogen-bond donors (Lipinski definition) is 3. The summed E-state index contributed by atoms with van der Waals surface area (Å²) in [4.78, 5) is 0. The Bertz CT molecular complexity index is 4200. The van der Waals surface area contributed by atoms with Gasteiger partial charge in [0.2, 0.25) is 0 Å². The molecule has 0 spiro atoms. The van der Waals surface area contributed by atoms with Crippen LogP contribution in [0.25, 0.3) is 99.2 Å². The highest BCUT2D eigenvalue weighted by Crippen LogP contribution is 2.51. The molecule has 10 aromatic carbocycles. The first kappa shape index (κ1) is 44.3. The molecule has 6 heteroatoms. The molecule has 14 rings (SSSR count). The van der Waals surface area contributed by atoms with E-state index >= 15 is 0 Å². The topological polar surface area (TPSA) is 98.9 Å². The Balaban J connectivity index is 0.000000265. The number of rotatable bonds is 5. The number of nitrogens with zero attached hydrogens (tertiary/aromatic N) is 2. The van der Waals surface area contributed by atoms with Gasteiger partial charge in [0.1, 0.15) is 17.0 Å². The van der Waals surface area contributed by atoms with Gasteiger partial charge in [-0.3, -0.25) is 5.41 Å². The molecule has 0 amide bonds. The molecule has 0 bridgehead atoms. The summed E-state index contributed by atoms with van der Waals surface area (Å²) in [5.41, 5.74) is 30.4. The van der Waals surface area contributed by atoms with Gasteiger partial charge < -0.3 is 25.0 Å². The van der Waals surface area contributed by atoms with Gasteiger partial charge in [0.05, 0.1) is 22.1 Å². The summed E-state index contributed by atoms with van der Waals surface area (Å²) in [6.07, 6.45) is 0. The average molecular weight is 932 g/mol. The molecule has 6 nitrogen and oxygen atoms in total. The second-order valence-electron chi connectivity index (χ2n) is 19.3. The van der Waals surface area contributed by atoms with Crippen molar-refractivity contribution >= 4 is 71.4 Å². The van der Waals surface area contributed by atoms with Gasteiger partial charge in [-0.15, -0.1) is 0 Å². The summed E-state index contributed by atoms with van der Waals surface area (Å²) in [6.45, 7) is 7.51. The van der Waals surface area contributed by atoms with E-state index in [9.17, 15) is 0 Å². The number of amidine groups is 1. The molecule has 0 unspecified atom stereocenters. The van der Waals surface area contributed by atoms with Crippen LogP contribution >= 0.6 is 0 Å². The molecule has 0 saturated carbocycles. The molecule has 348 valence electrons. The van der Waals surface area contributed by atoms with Gasteiger partial charge in [-0.05, 0) is 124 Å². The highest BCUT2D eigenvalue weighted by molar-refractivity contribution is 6.18. The Morgan fingerprint density at radius 1 is 0.458 bits per heavy atom. The van der Waals surface area contributed by atoms with Crippen LogP contribution in [0.5, 0.6) is 0 Å². The van der Waals surface area contributed by atoms with Crippen LogP contribution in [0.4, 0.5) is 0 Å². The zero-order valence-electron chi connectivity index (χ0n) is 40.5. The number of para-hydroxylation sites is 2. The molecule has 3 aromatic heterocycles. The lowest BCUT2D eigenvalue weighted by molar-refractivity contribution is 0.661. The first-order valence-corrected chi connectivity index (χ1v) is 24.5. The van der Waals surface area contributed by atoms with Crippen LogP contribution < -0.4 is 11.5 Å². The molecule has 3 heterocycles.